The van der Waals surface area contributed by atoms with Crippen molar-refractivity contribution in [2.75, 3.05) is 66.2 Å². The minimum absolute atomic E-state index is 0. The Balaban J connectivity index is 0.00000576. The van der Waals surface area contributed by atoms with E-state index in [4.69, 9.17) is 9.47 Å². The summed E-state index contributed by atoms with van der Waals surface area (Å²) in [7, 11) is 1.82. The summed E-state index contributed by atoms with van der Waals surface area (Å²) in [6, 6.07) is 0. The number of hydrogen-bond acceptors (Lipinski definition) is 4. The van der Waals surface area contributed by atoms with E-state index in [1.807, 2.05) is 7.05 Å². The van der Waals surface area contributed by atoms with Crippen LogP contribution < -0.4 is 10.6 Å². The molecule has 1 rings (SSSR count). The van der Waals surface area contributed by atoms with Gasteiger partial charge in [-0.15, -0.1) is 24.0 Å². The Morgan fingerprint density at radius 2 is 1.76 bits per heavy atom. The van der Waals surface area contributed by atoms with Gasteiger partial charge in [0.1, 0.15) is 0 Å². The van der Waals surface area contributed by atoms with E-state index in [1.165, 1.54) is 0 Å². The highest BCUT2D eigenvalue weighted by Gasteiger charge is 2.13. The molecule has 150 valence electrons. The van der Waals surface area contributed by atoms with Crippen LogP contribution in [-0.4, -0.2) is 77.1 Å². The highest BCUT2D eigenvalue weighted by Crippen LogP contribution is 2.14. The maximum Gasteiger partial charge on any atom is 0.190 e. The van der Waals surface area contributed by atoms with Crippen molar-refractivity contribution in [1.29, 1.82) is 0 Å². The second-order valence-electron chi connectivity index (χ2n) is 6.29. The molecule has 0 saturated carbocycles. The Labute approximate surface area is 171 Å². The molecule has 1 aliphatic heterocycles. The zero-order valence-corrected chi connectivity index (χ0v) is 18.7. The van der Waals surface area contributed by atoms with Crippen molar-refractivity contribution in [2.45, 2.75) is 39.5 Å². The van der Waals surface area contributed by atoms with E-state index >= 15 is 0 Å². The molecule has 25 heavy (non-hydrogen) atoms. The van der Waals surface area contributed by atoms with E-state index in [0.29, 0.717) is 5.92 Å². The van der Waals surface area contributed by atoms with Gasteiger partial charge in [0, 0.05) is 46.6 Å². The van der Waals surface area contributed by atoms with Gasteiger partial charge in [-0.2, -0.15) is 0 Å². The lowest BCUT2D eigenvalue weighted by atomic mass is 10.0. The third-order valence-electron chi connectivity index (χ3n) is 4.51. The largest absolute Gasteiger partial charge is 0.381 e. The van der Waals surface area contributed by atoms with Crippen LogP contribution >= 0.6 is 24.0 Å². The zero-order chi connectivity index (χ0) is 17.5. The second-order valence-corrected chi connectivity index (χ2v) is 6.29. The predicted molar refractivity (Wildman–Crippen MR) is 116 cm³/mol. The maximum absolute atomic E-state index is 5.78. The molecule has 2 N–H and O–H groups in total. The summed E-state index contributed by atoms with van der Waals surface area (Å²) in [5.41, 5.74) is 0. The van der Waals surface area contributed by atoms with Gasteiger partial charge >= 0.3 is 0 Å². The fourth-order valence-electron chi connectivity index (χ4n) is 2.81. The molecule has 1 heterocycles. The molecule has 0 aromatic rings. The van der Waals surface area contributed by atoms with E-state index in [9.17, 15) is 0 Å². The summed E-state index contributed by atoms with van der Waals surface area (Å²) >= 11 is 0. The third-order valence-corrected chi connectivity index (χ3v) is 4.51. The Morgan fingerprint density at radius 3 is 2.36 bits per heavy atom. The molecule has 0 spiro atoms. The van der Waals surface area contributed by atoms with Gasteiger partial charge < -0.3 is 25.0 Å². The summed E-state index contributed by atoms with van der Waals surface area (Å²) in [6.07, 6.45) is 4.42. The molecule has 0 bridgehead atoms. The van der Waals surface area contributed by atoms with Crippen molar-refractivity contribution in [1.82, 2.24) is 15.5 Å². The molecule has 0 atom stereocenters. The van der Waals surface area contributed by atoms with Gasteiger partial charge in [0.15, 0.2) is 5.96 Å². The minimum Gasteiger partial charge on any atom is -0.381 e. The first kappa shape index (κ1) is 24.9. The Morgan fingerprint density at radius 1 is 1.12 bits per heavy atom. The molecule has 1 aliphatic rings. The normalized spacial score (nSPS) is 15.9. The molecule has 7 heteroatoms. The quantitative estimate of drug-likeness (QED) is 0.199. The van der Waals surface area contributed by atoms with Crippen LogP contribution in [0.3, 0.4) is 0 Å². The summed E-state index contributed by atoms with van der Waals surface area (Å²) in [5.74, 6) is 1.57. The lowest BCUT2D eigenvalue weighted by Gasteiger charge is -2.21. The first-order chi connectivity index (χ1) is 11.8. The average Bonchev–Trinajstić information content (AvgIpc) is 2.63. The van der Waals surface area contributed by atoms with Gasteiger partial charge in [0.05, 0.1) is 0 Å². The van der Waals surface area contributed by atoms with E-state index in [0.717, 1.165) is 90.8 Å². The van der Waals surface area contributed by atoms with Crippen LogP contribution in [0.2, 0.25) is 0 Å². The van der Waals surface area contributed by atoms with Crippen LogP contribution in [0.4, 0.5) is 0 Å². The van der Waals surface area contributed by atoms with Crippen molar-refractivity contribution in [3.05, 3.63) is 0 Å². The first-order valence-corrected chi connectivity index (χ1v) is 9.62. The molecule has 0 unspecified atom stereocenters. The Kier molecular flexibility index (Phi) is 17.2. The van der Waals surface area contributed by atoms with E-state index in [-0.39, 0.29) is 24.0 Å². The average molecular weight is 470 g/mol. The molecule has 1 saturated heterocycles. The van der Waals surface area contributed by atoms with Gasteiger partial charge in [-0.1, -0.05) is 13.8 Å². The number of guanidine groups is 1. The van der Waals surface area contributed by atoms with Crippen LogP contribution in [0, 0.1) is 5.92 Å². The van der Waals surface area contributed by atoms with E-state index in [1.54, 1.807) is 0 Å². The van der Waals surface area contributed by atoms with Crippen LogP contribution in [0.25, 0.3) is 0 Å². The van der Waals surface area contributed by atoms with Crippen molar-refractivity contribution < 1.29 is 9.47 Å². The first-order valence-electron chi connectivity index (χ1n) is 9.62. The third kappa shape index (κ3) is 12.8. The number of ether oxygens (including phenoxy) is 2. The lowest BCUT2D eigenvalue weighted by Crippen LogP contribution is -2.39. The molecule has 0 aromatic heterocycles. The molecule has 0 amide bonds. The van der Waals surface area contributed by atoms with Gasteiger partial charge in [-0.05, 0) is 51.2 Å². The van der Waals surface area contributed by atoms with Crippen molar-refractivity contribution in [3.63, 3.8) is 0 Å². The molecule has 6 nitrogen and oxygen atoms in total. The van der Waals surface area contributed by atoms with E-state index in [2.05, 4.69) is 34.4 Å². The van der Waals surface area contributed by atoms with Gasteiger partial charge in [0.2, 0.25) is 0 Å². The predicted octanol–water partition coefficient (Wildman–Crippen LogP) is 2.33. The van der Waals surface area contributed by atoms with Crippen LogP contribution in [-0.2, 0) is 9.47 Å². The fraction of sp³-hybridized carbons (Fsp3) is 0.944. The topological polar surface area (TPSA) is 58.1 Å². The maximum atomic E-state index is 5.78. The SMILES string of the molecule is CCN(CC)CCCNC(=NC)NCCCOCC1CCOCC1.I. The number of rotatable bonds is 12. The van der Waals surface area contributed by atoms with Gasteiger partial charge in [0.25, 0.3) is 0 Å². The molecule has 0 aromatic carbocycles. The van der Waals surface area contributed by atoms with Gasteiger partial charge in [-0.3, -0.25) is 4.99 Å². The Bertz CT molecular complexity index is 322. The summed E-state index contributed by atoms with van der Waals surface area (Å²) < 4.78 is 11.1. The Hall–Kier alpha value is -0.120. The second kappa shape index (κ2) is 17.3. The fourth-order valence-corrected chi connectivity index (χ4v) is 2.81. The zero-order valence-electron chi connectivity index (χ0n) is 16.4. The highest BCUT2D eigenvalue weighted by molar-refractivity contribution is 14.0. The van der Waals surface area contributed by atoms with Crippen LogP contribution in [0.5, 0.6) is 0 Å². The number of nitrogens with one attached hydrogen (secondary N) is 2. The standard InChI is InChI=1S/C18H38N4O2.HI/c1-4-22(5-2)12-6-10-20-18(19-3)21-11-7-13-24-16-17-8-14-23-15-9-17;/h17H,4-16H2,1-3H3,(H2,19,20,21);1H. The number of nitrogens with zero attached hydrogens (tertiary/aromatic N) is 2. The van der Waals surface area contributed by atoms with E-state index < -0.39 is 0 Å². The molecular weight excluding hydrogens is 431 g/mol. The van der Waals surface area contributed by atoms with Crippen LogP contribution in [0.15, 0.2) is 4.99 Å². The monoisotopic (exact) mass is 470 g/mol. The lowest BCUT2D eigenvalue weighted by molar-refractivity contribution is 0.0203. The molecular formula is C18H39IN4O2. The van der Waals surface area contributed by atoms with Crippen molar-refractivity contribution in [3.8, 4) is 0 Å². The number of halogens is 1. The van der Waals surface area contributed by atoms with Crippen molar-refractivity contribution >= 4 is 29.9 Å². The van der Waals surface area contributed by atoms with Crippen LogP contribution in [0.1, 0.15) is 39.5 Å². The minimum atomic E-state index is 0. The molecule has 1 fully saturated rings. The summed E-state index contributed by atoms with van der Waals surface area (Å²) in [4.78, 5) is 6.70. The van der Waals surface area contributed by atoms with Crippen molar-refractivity contribution in [2.24, 2.45) is 10.9 Å². The molecule has 0 aliphatic carbocycles. The smallest absolute Gasteiger partial charge is 0.190 e. The molecule has 0 radical (unpaired) electrons. The highest BCUT2D eigenvalue weighted by atomic mass is 127. The summed E-state index contributed by atoms with van der Waals surface area (Å²) in [6.45, 7) is 13.1. The van der Waals surface area contributed by atoms with Gasteiger partial charge in [-0.25, -0.2) is 0 Å². The number of aliphatic imine (C=N–C) groups is 1. The summed E-state index contributed by atoms with van der Waals surface area (Å²) in [5, 5.41) is 6.72. The number of hydrogen-bond donors (Lipinski definition) is 2.